The molecule has 0 aromatic carbocycles. The largest absolute Gasteiger partial charge is 2.00 e. The van der Waals surface area contributed by atoms with Crippen molar-refractivity contribution < 1.29 is 19.8 Å². The molecule has 0 heterocycles. The number of hydrogen-bond acceptors (Lipinski definition) is 6. The number of hydrogen-bond donors (Lipinski definition) is 0. The van der Waals surface area contributed by atoms with Crippen LogP contribution < -0.4 is 10.2 Å². The molecule has 0 amide bonds. The van der Waals surface area contributed by atoms with Gasteiger partial charge >= 0.3 is 37.7 Å². The molecule has 0 aromatic rings. The summed E-state index contributed by atoms with van der Waals surface area (Å²) in [6, 6.07) is 0. The van der Waals surface area contributed by atoms with Crippen LogP contribution in [0.1, 0.15) is 580 Å². The molecular weight excluding hydrogens is 1310 g/mol. The molecule has 0 aliphatic carbocycles. The number of nitrogens with zero attached hydrogens (tertiary/aromatic N) is 2. The van der Waals surface area contributed by atoms with Crippen LogP contribution in [0.15, 0.2) is 0 Å². The van der Waals surface area contributed by atoms with E-state index < -0.39 is 11.9 Å². The third-order valence-electron chi connectivity index (χ3n) is 23.6. The molecule has 0 rings (SSSR count). The SMILES string of the molecule is CCCCCCCCCCCCCCCCCCCCCCCN(CCCCCCCCCCCCCCCCCCCCCCC)CCC(=O)[O-].CCCCCCCCCCCCCCCCCCCCCCCN(CCCCCCCCCCCCCCCCCCCCCCC)CCC(=O)[O-].[Ca+2]. The van der Waals surface area contributed by atoms with Crippen molar-refractivity contribution in [1.29, 1.82) is 0 Å². The van der Waals surface area contributed by atoms with E-state index in [0.717, 1.165) is 26.2 Å². The predicted octanol–water partition coefficient (Wildman–Crippen LogP) is 31.3. The van der Waals surface area contributed by atoms with Crippen molar-refractivity contribution in [2.75, 3.05) is 39.3 Å². The van der Waals surface area contributed by atoms with E-state index in [1.165, 1.54) is 539 Å². The maximum Gasteiger partial charge on any atom is 2.00 e. The van der Waals surface area contributed by atoms with Gasteiger partial charge in [-0.05, 0) is 64.7 Å². The first-order chi connectivity index (χ1) is 51.4. The van der Waals surface area contributed by atoms with E-state index in [1.807, 2.05) is 0 Å². The summed E-state index contributed by atoms with van der Waals surface area (Å²) in [7, 11) is 0. The summed E-state index contributed by atoms with van der Waals surface area (Å²) in [6.45, 7) is 14.8. The summed E-state index contributed by atoms with van der Waals surface area (Å²) in [5.41, 5.74) is 0. The summed E-state index contributed by atoms with van der Waals surface area (Å²) < 4.78 is 0. The fourth-order valence-corrected chi connectivity index (χ4v) is 16.2. The van der Waals surface area contributed by atoms with Crippen LogP contribution in [0.4, 0.5) is 0 Å². The zero-order valence-electron chi connectivity index (χ0n) is 73.3. The third kappa shape index (κ3) is 104. The zero-order chi connectivity index (χ0) is 75.4. The standard InChI is InChI=1S/2C49H99NO2.Ca/c2*1-3-5-7-9-11-13-15-17-19-21-23-25-27-29-31-33-35-37-39-41-43-46-50(48-45-49(51)52)47-44-42-40-38-36-34-32-30-28-26-24-22-20-18-16-14-12-10-8-6-4-2;/h2*3-48H2,1-2H3,(H,51,52);/q;;+2/p-2. The van der Waals surface area contributed by atoms with Crippen LogP contribution in [0, 0.1) is 0 Å². The van der Waals surface area contributed by atoms with Crippen molar-refractivity contribution in [1.82, 2.24) is 9.80 Å². The zero-order valence-corrected chi connectivity index (χ0v) is 75.5. The summed E-state index contributed by atoms with van der Waals surface area (Å²) in [5.74, 6) is -1.80. The molecule has 0 unspecified atom stereocenters. The Balaban J connectivity index is -0.00000196. The maximum atomic E-state index is 11.1. The minimum Gasteiger partial charge on any atom is -0.550 e. The number of unbranched alkanes of at least 4 members (excludes halogenated alkanes) is 80. The molecule has 0 aliphatic rings. The summed E-state index contributed by atoms with van der Waals surface area (Å²) in [6.07, 6.45) is 119. The second kappa shape index (κ2) is 102. The van der Waals surface area contributed by atoms with Crippen molar-refractivity contribution in [3.63, 3.8) is 0 Å². The van der Waals surface area contributed by atoms with Crippen LogP contribution in [0.3, 0.4) is 0 Å². The van der Waals surface area contributed by atoms with Gasteiger partial charge in [-0.2, -0.15) is 0 Å². The second-order valence-corrected chi connectivity index (χ2v) is 34.2. The molecule has 0 N–H and O–H groups in total. The fraction of sp³-hybridized carbons (Fsp3) is 0.980. The average molecular weight is 1510 g/mol. The van der Waals surface area contributed by atoms with Crippen molar-refractivity contribution in [3.05, 3.63) is 0 Å². The number of carbonyl (C=O) groups excluding carboxylic acids is 2. The molecule has 624 valence electrons. The number of carboxylic acid groups (broad SMARTS) is 2. The Kier molecular flexibility index (Phi) is 106. The Labute approximate surface area is 693 Å². The predicted molar refractivity (Wildman–Crippen MR) is 468 cm³/mol. The Bertz CT molecular complexity index is 1330. The van der Waals surface area contributed by atoms with Crippen LogP contribution >= 0.6 is 0 Å². The van der Waals surface area contributed by atoms with Gasteiger partial charge in [-0.15, -0.1) is 0 Å². The molecule has 7 heteroatoms. The van der Waals surface area contributed by atoms with E-state index >= 15 is 0 Å². The number of carboxylic acids is 2. The Morgan fingerprint density at radius 1 is 0.152 bits per heavy atom. The number of aliphatic carboxylic acids is 2. The molecule has 0 atom stereocenters. The summed E-state index contributed by atoms with van der Waals surface area (Å²) >= 11 is 0. The van der Waals surface area contributed by atoms with E-state index in [4.69, 9.17) is 0 Å². The molecule has 0 bridgehead atoms. The van der Waals surface area contributed by atoms with Gasteiger partial charge in [-0.1, -0.05) is 541 Å². The normalized spacial score (nSPS) is 11.6. The Morgan fingerprint density at radius 2 is 0.238 bits per heavy atom. The Hall–Kier alpha value is 0.120. The molecule has 0 saturated heterocycles. The van der Waals surface area contributed by atoms with Gasteiger partial charge in [-0.3, -0.25) is 0 Å². The first kappa shape index (κ1) is 109. The van der Waals surface area contributed by atoms with E-state index in [9.17, 15) is 19.8 Å². The molecule has 0 fully saturated rings. The molecule has 0 aliphatic heterocycles. The molecule has 0 aromatic heterocycles. The van der Waals surface area contributed by atoms with Crippen molar-refractivity contribution in [2.45, 2.75) is 580 Å². The van der Waals surface area contributed by atoms with E-state index in [-0.39, 0.29) is 50.6 Å². The molecule has 0 saturated carbocycles. The van der Waals surface area contributed by atoms with Crippen LogP contribution in [0.2, 0.25) is 0 Å². The minimum atomic E-state index is -0.900. The quantitative estimate of drug-likeness (QED) is 0.0445. The van der Waals surface area contributed by atoms with Crippen LogP contribution in [-0.4, -0.2) is 98.7 Å². The number of rotatable bonds is 94. The first-order valence-electron chi connectivity index (χ1n) is 49.2. The van der Waals surface area contributed by atoms with E-state index in [2.05, 4.69) is 37.5 Å². The monoisotopic (exact) mass is 1510 g/mol. The van der Waals surface area contributed by atoms with E-state index in [0.29, 0.717) is 13.1 Å². The molecule has 0 radical (unpaired) electrons. The van der Waals surface area contributed by atoms with Crippen LogP contribution in [-0.2, 0) is 9.59 Å². The molecular formula is C98H196CaN2O4. The van der Waals surface area contributed by atoms with Gasteiger partial charge < -0.3 is 29.6 Å². The molecule has 105 heavy (non-hydrogen) atoms. The minimum absolute atomic E-state index is 0. The van der Waals surface area contributed by atoms with Crippen molar-refractivity contribution in [3.8, 4) is 0 Å². The topological polar surface area (TPSA) is 86.7 Å². The molecule has 6 nitrogen and oxygen atoms in total. The van der Waals surface area contributed by atoms with Gasteiger partial charge in [0.1, 0.15) is 0 Å². The van der Waals surface area contributed by atoms with Gasteiger partial charge in [-0.25, -0.2) is 0 Å². The van der Waals surface area contributed by atoms with Gasteiger partial charge in [0.25, 0.3) is 0 Å². The number of carbonyl (C=O) groups is 2. The second-order valence-electron chi connectivity index (χ2n) is 34.2. The van der Waals surface area contributed by atoms with Crippen molar-refractivity contribution >= 4 is 49.7 Å². The molecule has 0 spiro atoms. The van der Waals surface area contributed by atoms with Gasteiger partial charge in [0.05, 0.1) is 0 Å². The third-order valence-corrected chi connectivity index (χ3v) is 23.6. The smallest absolute Gasteiger partial charge is 0.550 e. The van der Waals surface area contributed by atoms with Crippen molar-refractivity contribution in [2.24, 2.45) is 0 Å². The summed E-state index contributed by atoms with van der Waals surface area (Å²) in [4.78, 5) is 27.0. The fourth-order valence-electron chi connectivity index (χ4n) is 16.2. The van der Waals surface area contributed by atoms with Gasteiger partial charge in [0.15, 0.2) is 0 Å². The average Bonchev–Trinajstić information content (AvgIpc) is 1.34. The maximum absolute atomic E-state index is 11.1. The van der Waals surface area contributed by atoms with Gasteiger partial charge in [0, 0.05) is 25.0 Å². The first-order valence-corrected chi connectivity index (χ1v) is 49.2. The van der Waals surface area contributed by atoms with Crippen LogP contribution in [0.5, 0.6) is 0 Å². The Morgan fingerprint density at radius 3 is 0.324 bits per heavy atom. The van der Waals surface area contributed by atoms with Crippen LogP contribution in [0.25, 0.3) is 0 Å². The van der Waals surface area contributed by atoms with E-state index in [1.54, 1.807) is 0 Å². The summed E-state index contributed by atoms with van der Waals surface area (Å²) in [5, 5.41) is 22.2. The van der Waals surface area contributed by atoms with Gasteiger partial charge in [0.2, 0.25) is 0 Å².